The van der Waals surface area contributed by atoms with E-state index in [0.29, 0.717) is 18.7 Å². The summed E-state index contributed by atoms with van der Waals surface area (Å²) in [6, 6.07) is 7.74. The van der Waals surface area contributed by atoms with Crippen molar-refractivity contribution >= 4 is 29.1 Å². The van der Waals surface area contributed by atoms with Gasteiger partial charge in [-0.3, -0.25) is 14.6 Å². The number of nitrogens with zero attached hydrogens (tertiary/aromatic N) is 1. The molecule has 1 aromatic carbocycles. The molecule has 0 unspecified atom stereocenters. The highest BCUT2D eigenvalue weighted by Gasteiger charge is 2.09. The van der Waals surface area contributed by atoms with E-state index in [0.717, 1.165) is 11.3 Å². The molecule has 132 valence electrons. The molecule has 0 fully saturated rings. The molecule has 2 amide bonds. The molecule has 0 saturated carbocycles. The van der Waals surface area contributed by atoms with Gasteiger partial charge < -0.3 is 10.6 Å². The highest BCUT2D eigenvalue weighted by molar-refractivity contribution is 6.31. The molecule has 1 heterocycles. The summed E-state index contributed by atoms with van der Waals surface area (Å²) >= 11 is 5.65. The van der Waals surface area contributed by atoms with Crippen molar-refractivity contribution in [1.29, 1.82) is 0 Å². The van der Waals surface area contributed by atoms with E-state index in [-0.39, 0.29) is 29.7 Å². The molecule has 0 bridgehead atoms. The number of hydrogen-bond acceptors (Lipinski definition) is 3. The van der Waals surface area contributed by atoms with Crippen molar-refractivity contribution in [3.05, 3.63) is 58.6 Å². The third-order valence-corrected chi connectivity index (χ3v) is 3.87. The van der Waals surface area contributed by atoms with Gasteiger partial charge in [0.2, 0.25) is 11.8 Å². The zero-order valence-electron chi connectivity index (χ0n) is 13.8. The second-order valence-electron chi connectivity index (χ2n) is 5.54. The van der Waals surface area contributed by atoms with Crippen LogP contribution in [0.4, 0.5) is 10.1 Å². The van der Waals surface area contributed by atoms with Gasteiger partial charge in [0.05, 0.1) is 5.02 Å². The molecule has 0 spiro atoms. The van der Waals surface area contributed by atoms with Crippen LogP contribution in [0.25, 0.3) is 0 Å². The lowest BCUT2D eigenvalue weighted by molar-refractivity contribution is -0.124. The van der Waals surface area contributed by atoms with Crippen LogP contribution >= 0.6 is 11.6 Å². The Labute approximate surface area is 150 Å². The molecule has 1 aromatic heterocycles. The molecule has 2 N–H and O–H groups in total. The maximum absolute atomic E-state index is 13.1. The molecule has 2 rings (SSSR count). The van der Waals surface area contributed by atoms with E-state index in [2.05, 4.69) is 15.6 Å². The number of carbonyl (C=O) groups is 2. The van der Waals surface area contributed by atoms with Crippen molar-refractivity contribution in [1.82, 2.24) is 10.3 Å². The number of aromatic nitrogens is 1. The van der Waals surface area contributed by atoms with Gasteiger partial charge in [0.15, 0.2) is 0 Å². The zero-order valence-corrected chi connectivity index (χ0v) is 14.6. The first-order valence-electron chi connectivity index (χ1n) is 7.88. The van der Waals surface area contributed by atoms with Gasteiger partial charge in [-0.05, 0) is 36.8 Å². The van der Waals surface area contributed by atoms with Gasteiger partial charge in [-0.2, -0.15) is 0 Å². The predicted molar refractivity (Wildman–Crippen MR) is 95.0 cm³/mol. The topological polar surface area (TPSA) is 71.1 Å². The molecule has 0 radical (unpaired) electrons. The van der Waals surface area contributed by atoms with Crippen LogP contribution in [0.2, 0.25) is 5.02 Å². The third-order valence-electron chi connectivity index (χ3n) is 3.58. The Morgan fingerprint density at radius 3 is 2.68 bits per heavy atom. The molecule has 5 nitrogen and oxygen atoms in total. The Kier molecular flexibility index (Phi) is 6.89. The largest absolute Gasteiger partial charge is 0.356 e. The number of hydrogen-bond donors (Lipinski definition) is 2. The van der Waals surface area contributed by atoms with Crippen LogP contribution < -0.4 is 10.6 Å². The summed E-state index contributed by atoms with van der Waals surface area (Å²) in [7, 11) is 0. The number of amides is 2. The van der Waals surface area contributed by atoms with Gasteiger partial charge >= 0.3 is 0 Å². The zero-order chi connectivity index (χ0) is 18.2. The van der Waals surface area contributed by atoms with Crippen molar-refractivity contribution in [3.63, 3.8) is 0 Å². The number of anilines is 1. The summed E-state index contributed by atoms with van der Waals surface area (Å²) in [5.74, 6) is -1.10. The minimum atomic E-state index is -0.554. The maximum atomic E-state index is 13.1. The molecular formula is C18H19ClFN3O2. The highest BCUT2D eigenvalue weighted by Crippen LogP contribution is 2.19. The average molecular weight is 364 g/mol. The van der Waals surface area contributed by atoms with Gasteiger partial charge in [-0.25, -0.2) is 4.39 Å². The summed E-state index contributed by atoms with van der Waals surface area (Å²) < 4.78 is 13.1. The maximum Gasteiger partial charge on any atom is 0.224 e. The van der Waals surface area contributed by atoms with Crippen LogP contribution in [0.1, 0.15) is 24.1 Å². The van der Waals surface area contributed by atoms with Crippen LogP contribution in [0.5, 0.6) is 0 Å². The fourth-order valence-corrected chi connectivity index (χ4v) is 2.39. The van der Waals surface area contributed by atoms with Crippen LogP contribution in [-0.4, -0.2) is 23.3 Å². The van der Waals surface area contributed by atoms with Crippen molar-refractivity contribution < 1.29 is 14.0 Å². The summed E-state index contributed by atoms with van der Waals surface area (Å²) in [6.07, 6.45) is 2.46. The van der Waals surface area contributed by atoms with E-state index >= 15 is 0 Å². The van der Waals surface area contributed by atoms with Crippen molar-refractivity contribution in [2.24, 2.45) is 0 Å². The van der Waals surface area contributed by atoms with E-state index < -0.39 is 5.82 Å². The Bertz CT molecular complexity index is 768. The summed E-state index contributed by atoms with van der Waals surface area (Å²) in [4.78, 5) is 27.9. The fourth-order valence-electron chi connectivity index (χ4n) is 2.21. The van der Waals surface area contributed by atoms with Gasteiger partial charge in [0.1, 0.15) is 5.82 Å². The normalized spacial score (nSPS) is 10.4. The van der Waals surface area contributed by atoms with Gasteiger partial charge in [-0.15, -0.1) is 0 Å². The molecule has 0 aliphatic rings. The van der Waals surface area contributed by atoms with Gasteiger partial charge in [-0.1, -0.05) is 17.7 Å². The number of benzene rings is 1. The van der Waals surface area contributed by atoms with Crippen LogP contribution in [0.15, 0.2) is 36.5 Å². The predicted octanol–water partition coefficient (Wildman–Crippen LogP) is 3.26. The van der Waals surface area contributed by atoms with Crippen LogP contribution in [0, 0.1) is 12.7 Å². The third kappa shape index (κ3) is 6.15. The number of pyridine rings is 1. The first kappa shape index (κ1) is 18.9. The lowest BCUT2D eigenvalue weighted by atomic mass is 10.1. The van der Waals surface area contributed by atoms with Crippen molar-refractivity contribution in [2.75, 3.05) is 11.9 Å². The molecule has 0 aliphatic carbocycles. The van der Waals surface area contributed by atoms with Crippen LogP contribution in [-0.2, 0) is 16.0 Å². The minimum Gasteiger partial charge on any atom is -0.356 e. The SMILES string of the molecule is Cc1cccnc1CCNC(=O)CCC(=O)Nc1ccc(F)c(Cl)c1. The number of nitrogens with one attached hydrogen (secondary N) is 2. The van der Waals surface area contributed by atoms with Crippen LogP contribution in [0.3, 0.4) is 0 Å². The number of carbonyl (C=O) groups excluding carboxylic acids is 2. The standard InChI is InChI=1S/C18H19ClFN3O2/c1-12-3-2-9-21-16(12)8-10-22-17(24)6-7-18(25)23-13-4-5-15(20)14(19)11-13/h2-5,9,11H,6-8,10H2,1H3,(H,22,24)(H,23,25). The average Bonchev–Trinajstić information content (AvgIpc) is 2.58. The van der Waals surface area contributed by atoms with E-state index in [9.17, 15) is 14.0 Å². The lowest BCUT2D eigenvalue weighted by Gasteiger charge is -2.08. The number of halogens is 2. The molecule has 2 aromatic rings. The second-order valence-corrected chi connectivity index (χ2v) is 5.95. The molecule has 25 heavy (non-hydrogen) atoms. The van der Waals surface area contributed by atoms with E-state index in [1.165, 1.54) is 18.2 Å². The minimum absolute atomic E-state index is 0.0312. The Balaban J connectivity index is 1.69. The van der Waals surface area contributed by atoms with Gasteiger partial charge in [0, 0.05) is 43.4 Å². The number of aryl methyl sites for hydroxylation is 1. The first-order chi connectivity index (χ1) is 12.0. The van der Waals surface area contributed by atoms with E-state index in [1.807, 2.05) is 19.1 Å². The monoisotopic (exact) mass is 363 g/mol. The quantitative estimate of drug-likeness (QED) is 0.793. The Hall–Kier alpha value is -2.47. The smallest absolute Gasteiger partial charge is 0.224 e. The van der Waals surface area contributed by atoms with Crippen molar-refractivity contribution in [2.45, 2.75) is 26.2 Å². The Morgan fingerprint density at radius 1 is 1.20 bits per heavy atom. The van der Waals surface area contributed by atoms with Gasteiger partial charge in [0.25, 0.3) is 0 Å². The first-order valence-corrected chi connectivity index (χ1v) is 8.25. The molecular weight excluding hydrogens is 345 g/mol. The summed E-state index contributed by atoms with van der Waals surface area (Å²) in [6.45, 7) is 2.43. The molecule has 0 aliphatic heterocycles. The summed E-state index contributed by atoms with van der Waals surface area (Å²) in [5.41, 5.74) is 2.41. The van der Waals surface area contributed by atoms with E-state index in [1.54, 1.807) is 6.20 Å². The number of rotatable bonds is 7. The second kappa shape index (κ2) is 9.13. The van der Waals surface area contributed by atoms with E-state index in [4.69, 9.17) is 11.6 Å². The summed E-state index contributed by atoms with van der Waals surface area (Å²) in [5, 5.41) is 5.27. The molecule has 0 atom stereocenters. The fraction of sp³-hybridized carbons (Fsp3) is 0.278. The Morgan fingerprint density at radius 2 is 1.96 bits per heavy atom. The molecule has 7 heteroatoms. The lowest BCUT2D eigenvalue weighted by Crippen LogP contribution is -2.27. The highest BCUT2D eigenvalue weighted by atomic mass is 35.5. The van der Waals surface area contributed by atoms with Crippen molar-refractivity contribution in [3.8, 4) is 0 Å². The molecule has 0 saturated heterocycles.